The molecular weight excluding hydrogens is 330 g/mol. The molecule has 1 amide bonds. The minimum Gasteiger partial charge on any atom is -0.398 e. The molecule has 0 heterocycles. The second-order valence-electron chi connectivity index (χ2n) is 5.31. The summed E-state index contributed by atoms with van der Waals surface area (Å²) in [6.07, 6.45) is 0.000176. The first-order valence-electron chi connectivity index (χ1n) is 6.53. The molecule has 0 unspecified atom stereocenters. The van der Waals surface area contributed by atoms with Gasteiger partial charge in [0.05, 0.1) is 5.69 Å². The van der Waals surface area contributed by atoms with Crippen LogP contribution < -0.4 is 11.1 Å². The number of carbonyl (C=O) groups is 1. The van der Waals surface area contributed by atoms with Crippen LogP contribution in [-0.2, 0) is 4.79 Å². The smallest absolute Gasteiger partial charge is 0.248 e. The van der Waals surface area contributed by atoms with E-state index in [9.17, 15) is 13.6 Å². The SMILES string of the molecule is Cc1cc(Br)c(NC(=O)C2CCC(F)(F)CC2)cc1N. The predicted octanol–water partition coefficient (Wildman–Crippen LogP) is 4.10. The Labute approximate surface area is 125 Å². The number of nitrogen functional groups attached to an aromatic ring is 1. The topological polar surface area (TPSA) is 55.1 Å². The summed E-state index contributed by atoms with van der Waals surface area (Å²) in [5, 5.41) is 2.76. The van der Waals surface area contributed by atoms with E-state index >= 15 is 0 Å². The van der Waals surface area contributed by atoms with E-state index in [1.54, 1.807) is 6.07 Å². The Kier molecular flexibility index (Phi) is 4.32. The molecule has 2 rings (SSSR count). The second kappa shape index (κ2) is 5.68. The largest absolute Gasteiger partial charge is 0.398 e. The molecule has 20 heavy (non-hydrogen) atoms. The maximum Gasteiger partial charge on any atom is 0.248 e. The van der Waals surface area contributed by atoms with Crippen LogP contribution in [0.1, 0.15) is 31.2 Å². The highest BCUT2D eigenvalue weighted by molar-refractivity contribution is 9.10. The van der Waals surface area contributed by atoms with E-state index in [4.69, 9.17) is 5.73 Å². The van der Waals surface area contributed by atoms with Crippen molar-refractivity contribution in [1.29, 1.82) is 0 Å². The average molecular weight is 347 g/mol. The monoisotopic (exact) mass is 346 g/mol. The molecule has 1 fully saturated rings. The lowest BCUT2D eigenvalue weighted by molar-refractivity contribution is -0.124. The Morgan fingerprint density at radius 2 is 2.00 bits per heavy atom. The van der Waals surface area contributed by atoms with E-state index in [2.05, 4.69) is 21.2 Å². The van der Waals surface area contributed by atoms with Crippen LogP contribution in [0, 0.1) is 12.8 Å². The third kappa shape index (κ3) is 3.48. The van der Waals surface area contributed by atoms with Gasteiger partial charge in [-0.3, -0.25) is 4.79 Å². The Morgan fingerprint density at radius 3 is 2.60 bits per heavy atom. The molecule has 1 aromatic rings. The van der Waals surface area contributed by atoms with Crippen LogP contribution in [0.15, 0.2) is 16.6 Å². The molecule has 0 saturated heterocycles. The molecule has 1 saturated carbocycles. The lowest BCUT2D eigenvalue weighted by atomic mass is 9.86. The number of alkyl halides is 2. The van der Waals surface area contributed by atoms with Gasteiger partial charge in [0.2, 0.25) is 11.8 Å². The van der Waals surface area contributed by atoms with E-state index in [1.165, 1.54) is 0 Å². The van der Waals surface area contributed by atoms with E-state index in [-0.39, 0.29) is 37.5 Å². The molecule has 1 aliphatic carbocycles. The first kappa shape index (κ1) is 15.2. The van der Waals surface area contributed by atoms with Gasteiger partial charge >= 0.3 is 0 Å². The van der Waals surface area contributed by atoms with Crippen molar-refractivity contribution in [2.45, 2.75) is 38.5 Å². The number of rotatable bonds is 2. The number of anilines is 2. The summed E-state index contributed by atoms with van der Waals surface area (Å²) in [7, 11) is 0. The molecule has 1 aromatic carbocycles. The molecule has 0 aromatic heterocycles. The lowest BCUT2D eigenvalue weighted by Gasteiger charge is -2.27. The van der Waals surface area contributed by atoms with Gasteiger partial charge in [0.25, 0.3) is 0 Å². The molecule has 6 heteroatoms. The number of amides is 1. The summed E-state index contributed by atoms with van der Waals surface area (Å²) in [6.45, 7) is 1.87. The zero-order valence-electron chi connectivity index (χ0n) is 11.2. The molecule has 0 radical (unpaired) electrons. The fourth-order valence-corrected chi connectivity index (χ4v) is 2.88. The van der Waals surface area contributed by atoms with E-state index in [0.717, 1.165) is 10.0 Å². The fourth-order valence-electron chi connectivity index (χ4n) is 2.32. The van der Waals surface area contributed by atoms with Gasteiger partial charge in [0.15, 0.2) is 0 Å². The number of nitrogens with two attached hydrogens (primary N) is 1. The fraction of sp³-hybridized carbons (Fsp3) is 0.500. The van der Waals surface area contributed by atoms with Crippen molar-refractivity contribution in [2.24, 2.45) is 5.92 Å². The van der Waals surface area contributed by atoms with Crippen molar-refractivity contribution in [3.8, 4) is 0 Å². The Morgan fingerprint density at radius 1 is 1.40 bits per heavy atom. The summed E-state index contributed by atoms with van der Waals surface area (Å²) in [5.74, 6) is -3.19. The first-order chi connectivity index (χ1) is 9.28. The standard InChI is InChI=1S/C14H17BrF2N2O/c1-8-6-10(15)12(7-11(8)18)19-13(20)9-2-4-14(16,17)5-3-9/h6-7,9H,2-5,18H2,1H3,(H,19,20). The lowest BCUT2D eigenvalue weighted by Crippen LogP contribution is -2.31. The summed E-state index contributed by atoms with van der Waals surface area (Å²) in [5.41, 5.74) is 7.88. The van der Waals surface area contributed by atoms with Crippen molar-refractivity contribution >= 4 is 33.2 Å². The third-order valence-electron chi connectivity index (χ3n) is 3.70. The number of aryl methyl sites for hydroxylation is 1. The Hall–Kier alpha value is -1.17. The Bertz CT molecular complexity index is 524. The van der Waals surface area contributed by atoms with Crippen LogP contribution >= 0.6 is 15.9 Å². The van der Waals surface area contributed by atoms with Crippen LogP contribution in [0.4, 0.5) is 20.2 Å². The molecule has 3 nitrogen and oxygen atoms in total. The van der Waals surface area contributed by atoms with E-state index in [0.29, 0.717) is 11.4 Å². The second-order valence-corrected chi connectivity index (χ2v) is 6.16. The van der Waals surface area contributed by atoms with Gasteiger partial charge in [-0.1, -0.05) is 0 Å². The summed E-state index contributed by atoms with van der Waals surface area (Å²) >= 11 is 3.36. The highest BCUT2D eigenvalue weighted by Crippen LogP contribution is 2.37. The highest BCUT2D eigenvalue weighted by Gasteiger charge is 2.37. The average Bonchev–Trinajstić information content (AvgIpc) is 2.35. The number of hydrogen-bond acceptors (Lipinski definition) is 2. The molecule has 3 N–H and O–H groups in total. The molecule has 0 spiro atoms. The summed E-state index contributed by atoms with van der Waals surface area (Å²) < 4.78 is 26.9. The van der Waals surface area contributed by atoms with Crippen LogP contribution in [-0.4, -0.2) is 11.8 Å². The van der Waals surface area contributed by atoms with Crippen molar-refractivity contribution < 1.29 is 13.6 Å². The van der Waals surface area contributed by atoms with Crippen molar-refractivity contribution in [3.63, 3.8) is 0 Å². The maximum atomic E-state index is 13.1. The van der Waals surface area contributed by atoms with Gasteiger partial charge in [-0.2, -0.15) is 0 Å². The minimum atomic E-state index is -2.62. The number of hydrogen-bond donors (Lipinski definition) is 2. The molecule has 1 aliphatic rings. The van der Waals surface area contributed by atoms with Crippen molar-refractivity contribution in [1.82, 2.24) is 0 Å². The number of carbonyl (C=O) groups excluding carboxylic acids is 1. The summed E-state index contributed by atoms with van der Waals surface area (Å²) in [4.78, 5) is 12.1. The number of nitrogens with one attached hydrogen (secondary N) is 1. The first-order valence-corrected chi connectivity index (χ1v) is 7.32. The minimum absolute atomic E-state index is 0.218. The van der Waals surface area contributed by atoms with Gasteiger partial charge in [0, 0.05) is 28.9 Å². The van der Waals surface area contributed by atoms with Crippen molar-refractivity contribution in [3.05, 3.63) is 22.2 Å². The van der Waals surface area contributed by atoms with Gasteiger partial charge in [-0.05, 0) is 53.4 Å². The van der Waals surface area contributed by atoms with E-state index < -0.39 is 5.92 Å². The Balaban J connectivity index is 2.04. The molecule has 110 valence electrons. The summed E-state index contributed by atoms with van der Waals surface area (Å²) in [6, 6.07) is 3.49. The van der Waals surface area contributed by atoms with Crippen LogP contribution in [0.2, 0.25) is 0 Å². The van der Waals surface area contributed by atoms with Gasteiger partial charge in [-0.25, -0.2) is 8.78 Å². The molecular formula is C14H17BrF2N2O. The van der Waals surface area contributed by atoms with Crippen LogP contribution in [0.25, 0.3) is 0 Å². The normalized spacial score (nSPS) is 18.8. The number of halogens is 3. The molecule has 0 atom stereocenters. The van der Waals surface area contributed by atoms with Crippen molar-refractivity contribution in [2.75, 3.05) is 11.1 Å². The van der Waals surface area contributed by atoms with E-state index in [1.807, 2.05) is 13.0 Å². The van der Waals surface area contributed by atoms with Crippen LogP contribution in [0.5, 0.6) is 0 Å². The maximum absolute atomic E-state index is 13.1. The quantitative estimate of drug-likeness (QED) is 0.792. The predicted molar refractivity (Wildman–Crippen MR) is 78.8 cm³/mol. The van der Waals surface area contributed by atoms with Gasteiger partial charge < -0.3 is 11.1 Å². The van der Waals surface area contributed by atoms with Gasteiger partial charge in [-0.15, -0.1) is 0 Å². The third-order valence-corrected chi connectivity index (χ3v) is 4.36. The van der Waals surface area contributed by atoms with Gasteiger partial charge in [0.1, 0.15) is 0 Å². The highest BCUT2D eigenvalue weighted by atomic mass is 79.9. The molecule has 0 aliphatic heterocycles. The number of benzene rings is 1. The van der Waals surface area contributed by atoms with Crippen LogP contribution in [0.3, 0.4) is 0 Å². The zero-order chi connectivity index (χ0) is 14.9. The zero-order valence-corrected chi connectivity index (χ0v) is 12.8. The molecule has 0 bridgehead atoms.